The Kier molecular flexibility index (Phi) is 4.74. The van der Waals surface area contributed by atoms with Gasteiger partial charge in [-0.15, -0.1) is 0 Å². The molecule has 2 heteroatoms. The molecule has 0 heterocycles. The van der Waals surface area contributed by atoms with Crippen LogP contribution in [0.5, 0.6) is 0 Å². The molecule has 2 nitrogen and oxygen atoms in total. The zero-order valence-corrected chi connectivity index (χ0v) is 13.5. The third-order valence-corrected chi connectivity index (χ3v) is 3.76. The van der Waals surface area contributed by atoms with E-state index in [1.807, 2.05) is 30.3 Å². The molecule has 1 N–H and O–H groups in total. The molecule has 0 aliphatic heterocycles. The normalized spacial score (nSPS) is 10.5. The van der Waals surface area contributed by atoms with Gasteiger partial charge in [-0.2, -0.15) is 5.26 Å². The molecule has 0 amide bonds. The molecule has 116 valence electrons. The Morgan fingerprint density at radius 3 is 1.67 bits per heavy atom. The molecule has 0 bridgehead atoms. The summed E-state index contributed by atoms with van der Waals surface area (Å²) < 4.78 is 0. The first kappa shape index (κ1) is 15.6. The van der Waals surface area contributed by atoms with Crippen molar-refractivity contribution in [1.82, 2.24) is 0 Å². The Morgan fingerprint density at radius 1 is 0.708 bits per heavy atom. The second-order valence-corrected chi connectivity index (χ2v) is 5.68. The molecule has 0 saturated heterocycles. The Labute approximate surface area is 142 Å². The van der Waals surface area contributed by atoms with Crippen molar-refractivity contribution in [2.45, 2.75) is 6.92 Å². The fraction of sp³-hybridized carbons (Fsp3) is 0.0455. The molecular formula is C22H18N2. The number of hydrogen-bond donors (Lipinski definition) is 1. The van der Waals surface area contributed by atoms with Gasteiger partial charge in [-0.1, -0.05) is 54.1 Å². The van der Waals surface area contributed by atoms with Gasteiger partial charge in [0.05, 0.1) is 11.6 Å². The number of nitriles is 1. The average molecular weight is 310 g/mol. The van der Waals surface area contributed by atoms with Crippen molar-refractivity contribution in [3.05, 3.63) is 95.1 Å². The van der Waals surface area contributed by atoms with Crippen LogP contribution in [0.3, 0.4) is 0 Å². The molecule has 0 aromatic heterocycles. The van der Waals surface area contributed by atoms with Gasteiger partial charge in [0.25, 0.3) is 0 Å². The molecule has 24 heavy (non-hydrogen) atoms. The van der Waals surface area contributed by atoms with Crippen LogP contribution in [0, 0.1) is 18.3 Å². The van der Waals surface area contributed by atoms with Gasteiger partial charge < -0.3 is 5.32 Å². The van der Waals surface area contributed by atoms with Crippen molar-refractivity contribution in [3.8, 4) is 6.07 Å². The number of hydrogen-bond acceptors (Lipinski definition) is 2. The molecule has 0 atom stereocenters. The highest BCUT2D eigenvalue weighted by Gasteiger charge is 1.95. The maximum Gasteiger partial charge on any atom is 0.0991 e. The molecule has 0 saturated carbocycles. The highest BCUT2D eigenvalue weighted by Crippen LogP contribution is 2.18. The second-order valence-electron chi connectivity index (χ2n) is 5.68. The zero-order valence-electron chi connectivity index (χ0n) is 13.5. The minimum atomic E-state index is 0.679. The topological polar surface area (TPSA) is 35.8 Å². The van der Waals surface area contributed by atoms with E-state index in [-0.39, 0.29) is 0 Å². The molecule has 0 radical (unpaired) electrons. The van der Waals surface area contributed by atoms with Gasteiger partial charge in [0, 0.05) is 11.4 Å². The molecule has 3 aromatic rings. The Bertz CT molecular complexity index is 865. The van der Waals surface area contributed by atoms with Crippen LogP contribution in [0.2, 0.25) is 0 Å². The molecular weight excluding hydrogens is 292 g/mol. The summed E-state index contributed by atoms with van der Waals surface area (Å²) >= 11 is 0. The molecule has 0 fully saturated rings. The van der Waals surface area contributed by atoms with Crippen molar-refractivity contribution < 1.29 is 0 Å². The largest absolute Gasteiger partial charge is 0.356 e. The summed E-state index contributed by atoms with van der Waals surface area (Å²) in [5.41, 5.74) is 6.29. The fourth-order valence-electron chi connectivity index (χ4n) is 2.34. The Balaban J connectivity index is 1.66. The minimum Gasteiger partial charge on any atom is -0.356 e. The van der Waals surface area contributed by atoms with Gasteiger partial charge in [-0.3, -0.25) is 0 Å². The second kappa shape index (κ2) is 7.30. The van der Waals surface area contributed by atoms with Gasteiger partial charge in [0.2, 0.25) is 0 Å². The predicted octanol–water partition coefficient (Wildman–Crippen LogP) is 5.78. The maximum atomic E-state index is 8.81. The first-order chi connectivity index (χ1) is 11.7. The van der Waals surface area contributed by atoms with Crippen molar-refractivity contribution in [2.24, 2.45) is 0 Å². The molecule has 0 spiro atoms. The lowest BCUT2D eigenvalue weighted by Gasteiger charge is -2.07. The third kappa shape index (κ3) is 4.12. The summed E-state index contributed by atoms with van der Waals surface area (Å²) in [6.45, 7) is 2.08. The van der Waals surface area contributed by atoms with Crippen LogP contribution in [0.1, 0.15) is 22.3 Å². The number of rotatable bonds is 4. The van der Waals surface area contributed by atoms with Crippen molar-refractivity contribution >= 4 is 23.5 Å². The standard InChI is InChI=1S/C22H18N2/c1-17-2-12-21(13-3-17)24-22-14-10-19(11-15-22)5-4-18-6-8-20(16-23)9-7-18/h2-15,24H,1H3/b5-4+. The molecule has 3 rings (SSSR count). The van der Waals surface area contributed by atoms with Crippen molar-refractivity contribution in [3.63, 3.8) is 0 Å². The Morgan fingerprint density at radius 2 is 1.17 bits per heavy atom. The van der Waals surface area contributed by atoms with E-state index < -0.39 is 0 Å². The van der Waals surface area contributed by atoms with Gasteiger partial charge in [-0.05, 0) is 54.4 Å². The van der Waals surface area contributed by atoms with Gasteiger partial charge in [-0.25, -0.2) is 0 Å². The zero-order chi connectivity index (χ0) is 16.8. The van der Waals surface area contributed by atoms with Crippen LogP contribution in [0.25, 0.3) is 12.2 Å². The summed E-state index contributed by atoms with van der Waals surface area (Å²) in [5.74, 6) is 0. The van der Waals surface area contributed by atoms with Gasteiger partial charge >= 0.3 is 0 Å². The number of anilines is 2. The lowest BCUT2D eigenvalue weighted by atomic mass is 10.1. The smallest absolute Gasteiger partial charge is 0.0991 e. The highest BCUT2D eigenvalue weighted by atomic mass is 14.9. The van der Waals surface area contributed by atoms with E-state index >= 15 is 0 Å². The minimum absolute atomic E-state index is 0.679. The van der Waals surface area contributed by atoms with Gasteiger partial charge in [0.1, 0.15) is 0 Å². The summed E-state index contributed by atoms with van der Waals surface area (Å²) in [5, 5.41) is 12.2. The number of nitrogens with one attached hydrogen (secondary N) is 1. The summed E-state index contributed by atoms with van der Waals surface area (Å²) in [6.07, 6.45) is 4.11. The SMILES string of the molecule is Cc1ccc(Nc2ccc(/C=C/c3ccc(C#N)cc3)cc2)cc1. The van der Waals surface area contributed by atoms with Crippen LogP contribution in [-0.4, -0.2) is 0 Å². The monoisotopic (exact) mass is 310 g/mol. The highest BCUT2D eigenvalue weighted by molar-refractivity contribution is 5.71. The quantitative estimate of drug-likeness (QED) is 0.620. The van der Waals surface area contributed by atoms with E-state index in [0.717, 1.165) is 22.5 Å². The van der Waals surface area contributed by atoms with Gasteiger partial charge in [0.15, 0.2) is 0 Å². The van der Waals surface area contributed by atoms with Crippen molar-refractivity contribution in [2.75, 3.05) is 5.32 Å². The lowest BCUT2D eigenvalue weighted by molar-refractivity contribution is 1.45. The van der Waals surface area contributed by atoms with E-state index in [9.17, 15) is 0 Å². The summed E-state index contributed by atoms with van der Waals surface area (Å²) in [4.78, 5) is 0. The number of aryl methyl sites for hydroxylation is 1. The number of benzene rings is 3. The van der Waals surface area contributed by atoms with Crippen LogP contribution >= 0.6 is 0 Å². The summed E-state index contributed by atoms with van der Waals surface area (Å²) in [7, 11) is 0. The van der Waals surface area contributed by atoms with E-state index in [1.54, 1.807) is 0 Å². The molecule has 0 unspecified atom stereocenters. The summed E-state index contributed by atoms with van der Waals surface area (Å²) in [6, 6.07) is 26.3. The van der Waals surface area contributed by atoms with Crippen molar-refractivity contribution in [1.29, 1.82) is 5.26 Å². The molecule has 3 aromatic carbocycles. The van der Waals surface area contributed by atoms with Crippen LogP contribution < -0.4 is 5.32 Å². The molecule has 0 aliphatic carbocycles. The Hall–Kier alpha value is -3.31. The predicted molar refractivity (Wildman–Crippen MR) is 101 cm³/mol. The van der Waals surface area contributed by atoms with E-state index in [4.69, 9.17) is 5.26 Å². The number of nitrogens with zero attached hydrogens (tertiary/aromatic N) is 1. The first-order valence-corrected chi connectivity index (χ1v) is 7.85. The van der Waals surface area contributed by atoms with Crippen LogP contribution in [0.4, 0.5) is 11.4 Å². The van der Waals surface area contributed by atoms with E-state index in [2.05, 4.69) is 72.9 Å². The van der Waals surface area contributed by atoms with E-state index in [1.165, 1.54) is 5.56 Å². The third-order valence-electron chi connectivity index (χ3n) is 3.76. The fourth-order valence-corrected chi connectivity index (χ4v) is 2.34. The maximum absolute atomic E-state index is 8.81. The van der Waals surface area contributed by atoms with Crippen LogP contribution in [0.15, 0.2) is 72.8 Å². The first-order valence-electron chi connectivity index (χ1n) is 7.85. The molecule has 0 aliphatic rings. The average Bonchev–Trinajstić information content (AvgIpc) is 2.63. The lowest BCUT2D eigenvalue weighted by Crippen LogP contribution is -1.89. The van der Waals surface area contributed by atoms with Crippen LogP contribution in [-0.2, 0) is 0 Å². The van der Waals surface area contributed by atoms with E-state index in [0.29, 0.717) is 5.56 Å².